The molecule has 0 aliphatic rings. The Balaban J connectivity index is 1.62. The van der Waals surface area contributed by atoms with Gasteiger partial charge in [0.05, 0.1) is 12.5 Å². The zero-order chi connectivity index (χ0) is 13.6. The molecule has 0 spiro atoms. The molecule has 2 N–H and O–H groups in total. The Morgan fingerprint density at radius 3 is 3.00 bits per heavy atom. The van der Waals surface area contributed by atoms with Crippen LogP contribution in [0.4, 0.5) is 0 Å². The van der Waals surface area contributed by atoms with E-state index in [4.69, 9.17) is 9.15 Å². The van der Waals surface area contributed by atoms with Crippen molar-refractivity contribution < 1.29 is 17.6 Å². The van der Waals surface area contributed by atoms with E-state index in [9.17, 15) is 8.42 Å². The topological polar surface area (TPSA) is 97.2 Å². The third kappa shape index (κ3) is 4.19. The van der Waals surface area contributed by atoms with Crippen LogP contribution in [0.2, 0.25) is 0 Å². The zero-order valence-corrected chi connectivity index (χ0v) is 11.0. The van der Waals surface area contributed by atoms with E-state index in [2.05, 4.69) is 14.9 Å². The molecule has 0 radical (unpaired) electrons. The first-order chi connectivity index (χ1) is 9.18. The number of hydrogen-bond acceptors (Lipinski definition) is 5. The van der Waals surface area contributed by atoms with E-state index in [1.165, 1.54) is 12.3 Å². The van der Waals surface area contributed by atoms with Gasteiger partial charge in [0.1, 0.15) is 12.4 Å². The summed E-state index contributed by atoms with van der Waals surface area (Å²) in [5.41, 5.74) is 0. The normalized spacial score (nSPS) is 11.8. The van der Waals surface area contributed by atoms with Crippen LogP contribution < -0.4 is 4.72 Å². The minimum Gasteiger partial charge on any atom is -0.467 e. The molecule has 8 heteroatoms. The van der Waals surface area contributed by atoms with Crippen molar-refractivity contribution >= 4 is 10.0 Å². The number of nitrogens with zero attached hydrogens (tertiary/aromatic N) is 1. The molecule has 0 atom stereocenters. The second-order valence-electron chi connectivity index (χ2n) is 3.80. The monoisotopic (exact) mass is 285 g/mol. The van der Waals surface area contributed by atoms with Gasteiger partial charge in [0.25, 0.3) is 10.0 Å². The molecular formula is C11H15N3O4S. The third-order valence-corrected chi connectivity index (χ3v) is 3.74. The molecule has 2 aromatic heterocycles. The SMILES string of the molecule is O=S(=O)(NCCCOCc1ccco1)c1ccn[nH]1. The Hall–Kier alpha value is -1.64. The number of sulfonamides is 1. The van der Waals surface area contributed by atoms with Gasteiger partial charge in [-0.3, -0.25) is 5.10 Å². The minimum absolute atomic E-state index is 0.0593. The van der Waals surface area contributed by atoms with Crippen molar-refractivity contribution in [3.05, 3.63) is 36.4 Å². The maximum Gasteiger partial charge on any atom is 0.257 e. The lowest BCUT2D eigenvalue weighted by Crippen LogP contribution is -2.25. The van der Waals surface area contributed by atoms with Gasteiger partial charge >= 0.3 is 0 Å². The highest BCUT2D eigenvalue weighted by atomic mass is 32.2. The van der Waals surface area contributed by atoms with Crippen molar-refractivity contribution in [1.29, 1.82) is 0 Å². The molecule has 0 aromatic carbocycles. The number of furan rings is 1. The first-order valence-electron chi connectivity index (χ1n) is 5.78. The number of H-pyrrole nitrogens is 1. The lowest BCUT2D eigenvalue weighted by molar-refractivity contribution is 0.105. The van der Waals surface area contributed by atoms with Gasteiger partial charge in [-0.1, -0.05) is 0 Å². The first-order valence-corrected chi connectivity index (χ1v) is 7.26. The molecule has 0 saturated carbocycles. The zero-order valence-electron chi connectivity index (χ0n) is 10.2. The predicted molar refractivity (Wildman–Crippen MR) is 66.8 cm³/mol. The lowest BCUT2D eigenvalue weighted by atomic mass is 10.4. The number of rotatable bonds is 8. The molecule has 104 valence electrons. The van der Waals surface area contributed by atoms with Gasteiger partial charge in [-0.25, -0.2) is 13.1 Å². The summed E-state index contributed by atoms with van der Waals surface area (Å²) in [5, 5.41) is 6.06. The fourth-order valence-electron chi connectivity index (χ4n) is 1.42. The van der Waals surface area contributed by atoms with Crippen molar-refractivity contribution in [1.82, 2.24) is 14.9 Å². The number of aromatic amines is 1. The van der Waals surface area contributed by atoms with E-state index in [0.717, 1.165) is 5.76 Å². The highest BCUT2D eigenvalue weighted by molar-refractivity contribution is 7.89. The molecule has 0 aliphatic heterocycles. The Labute approximate surface area is 111 Å². The molecule has 0 amide bonds. The fraction of sp³-hybridized carbons (Fsp3) is 0.364. The molecule has 2 rings (SSSR count). The quantitative estimate of drug-likeness (QED) is 0.702. The summed E-state index contributed by atoms with van der Waals surface area (Å²) < 4.78 is 36.2. The minimum atomic E-state index is -3.49. The van der Waals surface area contributed by atoms with Gasteiger partial charge in [-0.15, -0.1) is 0 Å². The summed E-state index contributed by atoms with van der Waals surface area (Å²) in [5.74, 6) is 0.748. The van der Waals surface area contributed by atoms with Crippen LogP contribution in [0, 0.1) is 0 Å². The Morgan fingerprint density at radius 1 is 1.42 bits per heavy atom. The highest BCUT2D eigenvalue weighted by Gasteiger charge is 2.13. The van der Waals surface area contributed by atoms with Gasteiger partial charge in [-0.05, 0) is 24.6 Å². The molecule has 2 aromatic rings. The number of ether oxygens (including phenoxy) is 1. The summed E-state index contributed by atoms with van der Waals surface area (Å²) in [6.07, 6.45) is 3.55. The molecule has 2 heterocycles. The Bertz CT molecular complexity index is 563. The summed E-state index contributed by atoms with van der Waals surface area (Å²) in [6.45, 7) is 1.14. The van der Waals surface area contributed by atoms with E-state index in [1.54, 1.807) is 12.3 Å². The molecule has 19 heavy (non-hydrogen) atoms. The number of nitrogens with one attached hydrogen (secondary N) is 2. The van der Waals surface area contributed by atoms with Crippen LogP contribution in [0.15, 0.2) is 40.1 Å². The van der Waals surface area contributed by atoms with E-state index in [1.807, 2.05) is 6.07 Å². The van der Waals surface area contributed by atoms with Gasteiger partial charge < -0.3 is 9.15 Å². The van der Waals surface area contributed by atoms with Crippen LogP contribution in [0.5, 0.6) is 0 Å². The average Bonchev–Trinajstić information content (AvgIpc) is 3.05. The van der Waals surface area contributed by atoms with Gasteiger partial charge in [0.2, 0.25) is 0 Å². The number of aromatic nitrogens is 2. The fourth-order valence-corrected chi connectivity index (χ4v) is 2.40. The summed E-state index contributed by atoms with van der Waals surface area (Å²) >= 11 is 0. The average molecular weight is 285 g/mol. The van der Waals surface area contributed by atoms with Gasteiger partial charge in [0, 0.05) is 13.2 Å². The van der Waals surface area contributed by atoms with Gasteiger partial charge in [0.15, 0.2) is 5.03 Å². The van der Waals surface area contributed by atoms with E-state index in [-0.39, 0.29) is 5.03 Å². The largest absolute Gasteiger partial charge is 0.467 e. The van der Waals surface area contributed by atoms with Gasteiger partial charge in [-0.2, -0.15) is 5.10 Å². The van der Waals surface area contributed by atoms with Crippen molar-refractivity contribution in [2.75, 3.05) is 13.2 Å². The summed E-state index contributed by atoms with van der Waals surface area (Å²) in [7, 11) is -3.49. The van der Waals surface area contributed by atoms with E-state index < -0.39 is 10.0 Å². The second kappa shape index (κ2) is 6.50. The van der Waals surface area contributed by atoms with Crippen LogP contribution in [-0.2, 0) is 21.4 Å². The third-order valence-electron chi connectivity index (χ3n) is 2.35. The van der Waals surface area contributed by atoms with Crippen LogP contribution in [0.1, 0.15) is 12.2 Å². The summed E-state index contributed by atoms with van der Waals surface area (Å²) in [6, 6.07) is 5.01. The first kappa shape index (κ1) is 13.8. The van der Waals surface area contributed by atoms with Crippen molar-refractivity contribution in [3.8, 4) is 0 Å². The van der Waals surface area contributed by atoms with Crippen molar-refractivity contribution in [2.24, 2.45) is 0 Å². The molecular weight excluding hydrogens is 270 g/mol. The molecule has 0 unspecified atom stereocenters. The smallest absolute Gasteiger partial charge is 0.257 e. The maximum atomic E-state index is 11.7. The highest BCUT2D eigenvalue weighted by Crippen LogP contribution is 2.03. The maximum absolute atomic E-state index is 11.7. The van der Waals surface area contributed by atoms with Crippen LogP contribution in [-0.4, -0.2) is 31.8 Å². The molecule has 0 bridgehead atoms. The summed E-state index contributed by atoms with van der Waals surface area (Å²) in [4.78, 5) is 0. The molecule has 0 fully saturated rings. The standard InChI is InChI=1S/C11H15N3O4S/c15-19(16,11-4-6-12-14-11)13-5-2-7-17-9-10-3-1-8-18-10/h1,3-4,6,8,13H,2,5,7,9H2,(H,12,14). The van der Waals surface area contributed by atoms with Crippen LogP contribution in [0.3, 0.4) is 0 Å². The van der Waals surface area contributed by atoms with E-state index >= 15 is 0 Å². The predicted octanol–water partition coefficient (Wildman–Crippen LogP) is 0.888. The van der Waals surface area contributed by atoms with Crippen molar-refractivity contribution in [3.63, 3.8) is 0 Å². The van der Waals surface area contributed by atoms with Crippen LogP contribution in [0.25, 0.3) is 0 Å². The number of hydrogen-bond donors (Lipinski definition) is 2. The van der Waals surface area contributed by atoms with Crippen LogP contribution >= 0.6 is 0 Å². The molecule has 7 nitrogen and oxygen atoms in total. The second-order valence-corrected chi connectivity index (χ2v) is 5.54. The molecule has 0 aliphatic carbocycles. The van der Waals surface area contributed by atoms with E-state index in [0.29, 0.717) is 26.2 Å². The van der Waals surface area contributed by atoms with Crippen molar-refractivity contribution in [2.45, 2.75) is 18.1 Å². The molecule has 0 saturated heterocycles. The lowest BCUT2D eigenvalue weighted by Gasteiger charge is -2.05. The Kier molecular flexibility index (Phi) is 4.72. The Morgan fingerprint density at radius 2 is 2.32 bits per heavy atom.